The van der Waals surface area contributed by atoms with E-state index in [1.54, 1.807) is 25.6 Å². The lowest BCUT2D eigenvalue weighted by molar-refractivity contribution is 0.159. The van der Waals surface area contributed by atoms with Crippen LogP contribution < -0.4 is 10.6 Å². The highest BCUT2D eigenvalue weighted by molar-refractivity contribution is 5.88. The van der Waals surface area contributed by atoms with Gasteiger partial charge in [-0.1, -0.05) is 19.3 Å². The quantitative estimate of drug-likeness (QED) is 0.848. The van der Waals surface area contributed by atoms with Crippen LogP contribution >= 0.6 is 0 Å². The van der Waals surface area contributed by atoms with Gasteiger partial charge >= 0.3 is 6.03 Å². The lowest BCUT2D eigenvalue weighted by Crippen LogP contribution is -2.35. The predicted molar refractivity (Wildman–Crippen MR) is 89.8 cm³/mol. The van der Waals surface area contributed by atoms with Gasteiger partial charge in [0.15, 0.2) is 0 Å². The van der Waals surface area contributed by atoms with Gasteiger partial charge in [0.1, 0.15) is 17.6 Å². The van der Waals surface area contributed by atoms with Crippen molar-refractivity contribution >= 4 is 11.8 Å². The molecule has 2 N–H and O–H groups in total. The Balaban J connectivity index is 1.63. The Labute approximate surface area is 141 Å². The van der Waals surface area contributed by atoms with Crippen LogP contribution in [0.25, 0.3) is 0 Å². The van der Waals surface area contributed by atoms with Crippen LogP contribution in [-0.4, -0.2) is 29.5 Å². The van der Waals surface area contributed by atoms with E-state index in [-0.39, 0.29) is 12.1 Å². The molecule has 1 unspecified atom stereocenters. The number of nitrogens with one attached hydrogen (secondary N) is 2. The Morgan fingerprint density at radius 2 is 2.25 bits per heavy atom. The van der Waals surface area contributed by atoms with Gasteiger partial charge in [-0.25, -0.2) is 9.48 Å². The van der Waals surface area contributed by atoms with E-state index in [2.05, 4.69) is 15.7 Å². The van der Waals surface area contributed by atoms with Gasteiger partial charge in [-0.2, -0.15) is 5.10 Å². The number of carbonyl (C=O) groups is 1. The maximum Gasteiger partial charge on any atom is 0.321 e. The average molecular weight is 332 g/mol. The zero-order valence-corrected chi connectivity index (χ0v) is 13.9. The molecule has 2 amide bonds. The predicted octanol–water partition coefficient (Wildman–Crippen LogP) is 3.49. The Hall–Kier alpha value is -2.28. The molecule has 0 aliphatic heterocycles. The lowest BCUT2D eigenvalue weighted by atomic mass is 9.96. The second kappa shape index (κ2) is 8.01. The first-order valence-electron chi connectivity index (χ1n) is 8.41. The molecule has 1 aliphatic rings. The fourth-order valence-corrected chi connectivity index (χ4v) is 3.19. The summed E-state index contributed by atoms with van der Waals surface area (Å²) in [5, 5.41) is 10.2. The smallest absolute Gasteiger partial charge is 0.321 e. The van der Waals surface area contributed by atoms with Gasteiger partial charge in [0.25, 0.3) is 0 Å². The minimum atomic E-state index is -0.337. The number of methoxy groups -OCH3 is 1. The number of rotatable bonds is 6. The fourth-order valence-electron chi connectivity index (χ4n) is 3.19. The standard InChI is InChI=1S/C17H24N4O3/c1-23-12-14(15-8-5-11-24-15)19-17(22)20-16-9-10-18-21(16)13-6-3-2-4-7-13/h5,8-11,13-14H,2-4,6-7,12H2,1H3,(H2,19,20,22). The Bertz CT molecular complexity index is 632. The van der Waals surface area contributed by atoms with Crippen LogP contribution in [-0.2, 0) is 4.74 Å². The molecule has 7 nitrogen and oxygen atoms in total. The summed E-state index contributed by atoms with van der Waals surface area (Å²) < 4.78 is 12.5. The number of nitrogens with zero attached hydrogens (tertiary/aromatic N) is 2. The van der Waals surface area contributed by atoms with E-state index >= 15 is 0 Å². The van der Waals surface area contributed by atoms with Crippen LogP contribution in [0, 0.1) is 0 Å². The van der Waals surface area contributed by atoms with E-state index in [0.29, 0.717) is 18.4 Å². The summed E-state index contributed by atoms with van der Waals surface area (Å²) >= 11 is 0. The Kier molecular flexibility index (Phi) is 5.53. The van der Waals surface area contributed by atoms with Crippen molar-refractivity contribution < 1.29 is 13.9 Å². The number of hydrogen-bond acceptors (Lipinski definition) is 4. The summed E-state index contributed by atoms with van der Waals surface area (Å²) in [6.45, 7) is 0.336. The minimum Gasteiger partial charge on any atom is -0.467 e. The monoisotopic (exact) mass is 332 g/mol. The number of hydrogen-bond donors (Lipinski definition) is 2. The molecule has 0 saturated heterocycles. The van der Waals surface area contributed by atoms with E-state index < -0.39 is 0 Å². The highest BCUT2D eigenvalue weighted by atomic mass is 16.5. The van der Waals surface area contributed by atoms with Crippen molar-refractivity contribution in [1.29, 1.82) is 0 Å². The molecule has 0 spiro atoms. The molecule has 0 bridgehead atoms. The number of carbonyl (C=O) groups excluding carboxylic acids is 1. The average Bonchev–Trinajstić information content (AvgIpc) is 3.27. The third-order valence-corrected chi connectivity index (χ3v) is 4.36. The normalized spacial score (nSPS) is 16.7. The minimum absolute atomic E-state index is 0.300. The van der Waals surface area contributed by atoms with Gasteiger partial charge in [0.05, 0.1) is 25.1 Å². The van der Waals surface area contributed by atoms with E-state index in [0.717, 1.165) is 18.7 Å². The molecule has 2 aromatic heterocycles. The van der Waals surface area contributed by atoms with E-state index in [1.807, 2.05) is 16.8 Å². The number of urea groups is 1. The van der Waals surface area contributed by atoms with Crippen molar-refractivity contribution in [2.75, 3.05) is 19.0 Å². The highest BCUT2D eigenvalue weighted by Crippen LogP contribution is 2.29. The summed E-state index contributed by atoms with van der Waals surface area (Å²) in [4.78, 5) is 12.4. The summed E-state index contributed by atoms with van der Waals surface area (Å²) in [5.41, 5.74) is 0. The molecule has 1 aliphatic carbocycles. The largest absolute Gasteiger partial charge is 0.467 e. The SMILES string of the molecule is COCC(NC(=O)Nc1ccnn1C1CCCCC1)c1ccco1. The number of anilines is 1. The molecule has 130 valence electrons. The number of amides is 2. The molecule has 1 atom stereocenters. The van der Waals surface area contributed by atoms with Crippen molar-refractivity contribution in [2.45, 2.75) is 44.2 Å². The summed E-state index contributed by atoms with van der Waals surface area (Å²) in [7, 11) is 1.59. The van der Waals surface area contributed by atoms with Crippen molar-refractivity contribution in [3.05, 3.63) is 36.4 Å². The molecular formula is C17H24N4O3. The van der Waals surface area contributed by atoms with Crippen LogP contribution in [0.2, 0.25) is 0 Å². The van der Waals surface area contributed by atoms with Gasteiger partial charge in [-0.3, -0.25) is 5.32 Å². The summed E-state index contributed by atoms with van der Waals surface area (Å²) in [5.74, 6) is 1.38. The third-order valence-electron chi connectivity index (χ3n) is 4.36. The zero-order valence-electron chi connectivity index (χ0n) is 13.9. The molecule has 3 rings (SSSR count). The summed E-state index contributed by atoms with van der Waals surface area (Å²) in [6, 6.07) is 5.16. The van der Waals surface area contributed by atoms with Crippen molar-refractivity contribution in [2.24, 2.45) is 0 Å². The first-order chi connectivity index (χ1) is 11.8. The van der Waals surface area contributed by atoms with E-state index in [4.69, 9.17) is 9.15 Å². The van der Waals surface area contributed by atoms with Crippen LogP contribution in [0.15, 0.2) is 35.1 Å². The van der Waals surface area contributed by atoms with Crippen LogP contribution in [0.3, 0.4) is 0 Å². The molecule has 24 heavy (non-hydrogen) atoms. The topological polar surface area (TPSA) is 81.3 Å². The second-order valence-corrected chi connectivity index (χ2v) is 6.07. The maximum atomic E-state index is 12.4. The molecular weight excluding hydrogens is 308 g/mol. The molecule has 0 aromatic carbocycles. The summed E-state index contributed by atoms with van der Waals surface area (Å²) in [6.07, 6.45) is 9.23. The van der Waals surface area contributed by atoms with Crippen molar-refractivity contribution in [3.63, 3.8) is 0 Å². The maximum absolute atomic E-state index is 12.4. The molecule has 1 saturated carbocycles. The van der Waals surface area contributed by atoms with Gasteiger partial charge in [-0.05, 0) is 25.0 Å². The van der Waals surface area contributed by atoms with Gasteiger partial charge in [0.2, 0.25) is 0 Å². The molecule has 7 heteroatoms. The highest BCUT2D eigenvalue weighted by Gasteiger charge is 2.21. The number of furan rings is 1. The zero-order chi connectivity index (χ0) is 16.8. The fraction of sp³-hybridized carbons (Fsp3) is 0.529. The molecule has 2 aromatic rings. The van der Waals surface area contributed by atoms with Crippen LogP contribution in [0.4, 0.5) is 10.6 Å². The number of ether oxygens (including phenoxy) is 1. The first-order valence-corrected chi connectivity index (χ1v) is 8.41. The second-order valence-electron chi connectivity index (χ2n) is 6.07. The first kappa shape index (κ1) is 16.6. The molecule has 0 radical (unpaired) electrons. The van der Waals surface area contributed by atoms with Crippen LogP contribution in [0.1, 0.15) is 49.9 Å². The molecule has 2 heterocycles. The number of aromatic nitrogens is 2. The van der Waals surface area contributed by atoms with E-state index in [9.17, 15) is 4.79 Å². The van der Waals surface area contributed by atoms with E-state index in [1.165, 1.54) is 19.3 Å². The van der Waals surface area contributed by atoms with Crippen molar-refractivity contribution in [1.82, 2.24) is 15.1 Å². The van der Waals surface area contributed by atoms with Gasteiger partial charge in [0, 0.05) is 13.2 Å². The Morgan fingerprint density at radius 3 is 2.96 bits per heavy atom. The third kappa shape index (κ3) is 3.97. The van der Waals surface area contributed by atoms with Gasteiger partial charge < -0.3 is 14.5 Å². The van der Waals surface area contributed by atoms with Crippen LogP contribution in [0.5, 0.6) is 0 Å². The van der Waals surface area contributed by atoms with Gasteiger partial charge in [-0.15, -0.1) is 0 Å². The molecule has 1 fully saturated rings. The lowest BCUT2D eigenvalue weighted by Gasteiger charge is -2.24. The Morgan fingerprint density at radius 1 is 1.42 bits per heavy atom. The van der Waals surface area contributed by atoms with Crippen molar-refractivity contribution in [3.8, 4) is 0 Å².